The van der Waals surface area contributed by atoms with E-state index in [1.54, 1.807) is 18.9 Å². The monoisotopic (exact) mass is 401 g/mol. The van der Waals surface area contributed by atoms with Crippen molar-refractivity contribution in [3.05, 3.63) is 77.0 Å². The highest BCUT2D eigenvalue weighted by Gasteiger charge is 2.25. The largest absolute Gasteiger partial charge is 0.497 e. The number of aromatic nitrogens is 1. The van der Waals surface area contributed by atoms with Gasteiger partial charge in [-0.15, -0.1) is 11.8 Å². The first kappa shape index (κ1) is 19.5. The Morgan fingerprint density at radius 3 is 2.59 bits per heavy atom. The van der Waals surface area contributed by atoms with Crippen molar-refractivity contribution in [1.82, 2.24) is 9.88 Å². The van der Waals surface area contributed by atoms with Crippen LogP contribution in [-0.2, 0) is 18.7 Å². The molecule has 2 heterocycles. The Labute approximate surface area is 176 Å². The number of benzene rings is 2. The Bertz CT molecular complexity index is 1040. The van der Waals surface area contributed by atoms with E-state index in [-0.39, 0.29) is 0 Å². The van der Waals surface area contributed by atoms with E-state index in [0.29, 0.717) is 5.56 Å². The van der Waals surface area contributed by atoms with Crippen LogP contribution in [0, 0.1) is 11.3 Å². The molecule has 0 saturated carbocycles. The van der Waals surface area contributed by atoms with E-state index in [1.807, 2.05) is 42.5 Å². The molecule has 0 radical (unpaired) electrons. The predicted molar refractivity (Wildman–Crippen MR) is 117 cm³/mol. The van der Waals surface area contributed by atoms with E-state index >= 15 is 0 Å². The topological polar surface area (TPSA) is 49.1 Å². The lowest BCUT2D eigenvalue weighted by atomic mass is 9.92. The second kappa shape index (κ2) is 8.69. The quantitative estimate of drug-likeness (QED) is 0.569. The minimum Gasteiger partial charge on any atom is -0.497 e. The number of thioether (sulfide) groups is 1. The minimum atomic E-state index is 0.671. The molecule has 0 bridgehead atoms. The molecule has 0 aliphatic carbocycles. The van der Waals surface area contributed by atoms with Crippen molar-refractivity contribution in [2.45, 2.75) is 23.7 Å². The van der Waals surface area contributed by atoms with Crippen LogP contribution in [0.4, 0.5) is 0 Å². The lowest BCUT2D eigenvalue weighted by Crippen LogP contribution is -2.28. The van der Waals surface area contributed by atoms with Crippen molar-refractivity contribution >= 4 is 11.8 Å². The van der Waals surface area contributed by atoms with Gasteiger partial charge in [0.2, 0.25) is 0 Å². The van der Waals surface area contributed by atoms with Gasteiger partial charge >= 0.3 is 0 Å². The maximum Gasteiger partial charge on any atom is 0.118 e. The average Bonchev–Trinajstić information content (AvgIpc) is 2.77. The van der Waals surface area contributed by atoms with Crippen molar-refractivity contribution in [2.24, 2.45) is 0 Å². The molecular weight excluding hydrogens is 378 g/mol. The number of rotatable bonds is 5. The number of methoxy groups -OCH3 is 1. The SMILES string of the molecule is COc1ccc(-c2c(C#N)c(SCc3ccccc3)nc3c2CN(C)CC3)cc1. The third-order valence-corrected chi connectivity index (χ3v) is 6.26. The third-order valence-electron chi connectivity index (χ3n) is 5.22. The van der Waals surface area contributed by atoms with E-state index < -0.39 is 0 Å². The predicted octanol–water partition coefficient (Wildman–Crippen LogP) is 4.91. The van der Waals surface area contributed by atoms with Crippen LogP contribution in [0.3, 0.4) is 0 Å². The highest BCUT2D eigenvalue weighted by atomic mass is 32.2. The molecule has 1 aromatic heterocycles. The summed E-state index contributed by atoms with van der Waals surface area (Å²) in [5, 5.41) is 10.9. The Morgan fingerprint density at radius 1 is 1.14 bits per heavy atom. The molecule has 0 spiro atoms. The van der Waals surface area contributed by atoms with Gasteiger partial charge in [-0.3, -0.25) is 0 Å². The zero-order valence-electron chi connectivity index (χ0n) is 16.7. The van der Waals surface area contributed by atoms with Gasteiger partial charge in [0.05, 0.1) is 12.7 Å². The number of hydrogen-bond donors (Lipinski definition) is 0. The standard InChI is InChI=1S/C24H23N3OS/c1-27-13-12-22-21(15-27)23(18-8-10-19(28-2)11-9-18)20(14-25)24(26-22)29-16-17-6-4-3-5-7-17/h3-11H,12-13,15-16H2,1-2H3. The van der Waals surface area contributed by atoms with Gasteiger partial charge in [-0.25, -0.2) is 4.98 Å². The highest BCUT2D eigenvalue weighted by molar-refractivity contribution is 7.98. The van der Waals surface area contributed by atoms with Crippen molar-refractivity contribution in [3.8, 4) is 22.9 Å². The number of hydrogen-bond acceptors (Lipinski definition) is 5. The summed E-state index contributed by atoms with van der Waals surface area (Å²) >= 11 is 1.64. The molecule has 146 valence electrons. The molecular formula is C24H23N3OS. The number of likely N-dealkylation sites (N-methyl/N-ethyl adjacent to an activating group) is 1. The normalized spacial score (nSPS) is 13.6. The Kier molecular flexibility index (Phi) is 5.84. The summed E-state index contributed by atoms with van der Waals surface area (Å²) in [7, 11) is 3.78. The van der Waals surface area contributed by atoms with Crippen LogP contribution in [0.5, 0.6) is 5.75 Å². The molecule has 0 N–H and O–H groups in total. The van der Waals surface area contributed by atoms with Crippen molar-refractivity contribution in [3.63, 3.8) is 0 Å². The molecule has 4 rings (SSSR count). The first-order valence-corrected chi connectivity index (χ1v) is 10.6. The highest BCUT2D eigenvalue weighted by Crippen LogP contribution is 2.38. The van der Waals surface area contributed by atoms with Crippen molar-refractivity contribution in [1.29, 1.82) is 5.26 Å². The van der Waals surface area contributed by atoms with E-state index in [1.165, 1.54) is 11.1 Å². The van der Waals surface area contributed by atoms with Gasteiger partial charge in [-0.1, -0.05) is 42.5 Å². The smallest absolute Gasteiger partial charge is 0.118 e. The maximum atomic E-state index is 10.1. The third kappa shape index (κ3) is 4.14. The molecule has 0 saturated heterocycles. The molecule has 3 aromatic rings. The minimum absolute atomic E-state index is 0.671. The van der Waals surface area contributed by atoms with Crippen LogP contribution in [0.2, 0.25) is 0 Å². The fourth-order valence-electron chi connectivity index (χ4n) is 3.68. The summed E-state index contributed by atoms with van der Waals surface area (Å²) in [5.74, 6) is 1.61. The van der Waals surface area contributed by atoms with Crippen LogP contribution in [0.1, 0.15) is 22.4 Å². The van der Waals surface area contributed by atoms with Gasteiger partial charge in [-0.2, -0.15) is 5.26 Å². The van der Waals surface area contributed by atoms with Gasteiger partial charge in [0.1, 0.15) is 16.8 Å². The zero-order chi connectivity index (χ0) is 20.2. The molecule has 1 aliphatic rings. The van der Waals surface area contributed by atoms with E-state index in [9.17, 15) is 5.26 Å². The van der Waals surface area contributed by atoms with E-state index in [2.05, 4.69) is 30.1 Å². The lowest BCUT2D eigenvalue weighted by molar-refractivity contribution is 0.309. The second-order valence-corrected chi connectivity index (χ2v) is 8.16. The van der Waals surface area contributed by atoms with Gasteiger partial charge in [0.15, 0.2) is 0 Å². The summed E-state index contributed by atoms with van der Waals surface area (Å²) in [6.45, 7) is 1.79. The number of fused-ring (bicyclic) bond motifs is 1. The molecule has 2 aromatic carbocycles. The summed E-state index contributed by atoms with van der Waals surface area (Å²) < 4.78 is 5.31. The average molecular weight is 402 g/mol. The summed E-state index contributed by atoms with van der Waals surface area (Å²) in [4.78, 5) is 7.23. The maximum absolute atomic E-state index is 10.1. The first-order chi connectivity index (χ1) is 14.2. The van der Waals surface area contributed by atoms with Crippen LogP contribution in [0.25, 0.3) is 11.1 Å². The molecule has 29 heavy (non-hydrogen) atoms. The number of ether oxygens (including phenoxy) is 1. The van der Waals surface area contributed by atoms with Gasteiger partial charge in [0.25, 0.3) is 0 Å². The summed E-state index contributed by atoms with van der Waals surface area (Å²) in [6, 6.07) is 20.8. The Morgan fingerprint density at radius 2 is 1.90 bits per heavy atom. The van der Waals surface area contributed by atoms with Crippen molar-refractivity contribution in [2.75, 3.05) is 20.7 Å². The number of pyridine rings is 1. The van der Waals surface area contributed by atoms with Gasteiger partial charge in [-0.05, 0) is 35.9 Å². The number of nitriles is 1. The molecule has 4 nitrogen and oxygen atoms in total. The fourth-order valence-corrected chi connectivity index (χ4v) is 4.64. The fraction of sp³-hybridized carbons (Fsp3) is 0.250. The van der Waals surface area contributed by atoms with Crippen LogP contribution in [0.15, 0.2) is 59.6 Å². The van der Waals surface area contributed by atoms with Crippen LogP contribution < -0.4 is 4.74 Å². The van der Waals surface area contributed by atoms with Crippen LogP contribution in [-0.4, -0.2) is 30.6 Å². The van der Waals surface area contributed by atoms with Gasteiger partial charge < -0.3 is 9.64 Å². The first-order valence-electron chi connectivity index (χ1n) is 9.65. The zero-order valence-corrected chi connectivity index (χ0v) is 17.5. The second-order valence-electron chi connectivity index (χ2n) is 7.19. The van der Waals surface area contributed by atoms with Gasteiger partial charge in [0, 0.05) is 36.5 Å². The molecule has 1 aliphatic heterocycles. The van der Waals surface area contributed by atoms with Crippen LogP contribution >= 0.6 is 11.8 Å². The molecule has 0 atom stereocenters. The molecule has 5 heteroatoms. The van der Waals surface area contributed by atoms with Crippen molar-refractivity contribution < 1.29 is 4.74 Å². The number of nitrogens with zero attached hydrogens (tertiary/aromatic N) is 3. The van der Waals surface area contributed by atoms with E-state index in [4.69, 9.17) is 9.72 Å². The molecule has 0 unspecified atom stereocenters. The lowest BCUT2D eigenvalue weighted by Gasteiger charge is -2.28. The van der Waals surface area contributed by atoms with E-state index in [0.717, 1.165) is 52.9 Å². The Balaban J connectivity index is 1.81. The summed E-state index contributed by atoms with van der Waals surface area (Å²) in [5.41, 5.74) is 6.24. The summed E-state index contributed by atoms with van der Waals surface area (Å²) in [6.07, 6.45) is 0.902. The Hall–Kier alpha value is -2.81. The molecule has 0 fully saturated rings. The molecule has 0 amide bonds.